The zero-order valence-electron chi connectivity index (χ0n) is 12.9. The molecule has 114 valence electrons. The first kappa shape index (κ1) is 15.5. The highest BCUT2D eigenvalue weighted by Crippen LogP contribution is 2.47. The number of para-hydroxylation sites is 1. The van der Waals surface area contributed by atoms with E-state index in [-0.39, 0.29) is 18.5 Å². The Kier molecular flexibility index (Phi) is 4.32. The van der Waals surface area contributed by atoms with E-state index in [0.29, 0.717) is 12.8 Å². The number of rotatable bonds is 5. The average molecular weight is 291 g/mol. The lowest BCUT2D eigenvalue weighted by atomic mass is 10.0. The number of benzene rings is 1. The lowest BCUT2D eigenvalue weighted by Crippen LogP contribution is -2.50. The van der Waals surface area contributed by atoms with E-state index in [1.807, 2.05) is 32.0 Å². The normalized spacial score (nSPS) is 15.4. The maximum absolute atomic E-state index is 12.5. The molecule has 5 heteroatoms. The van der Waals surface area contributed by atoms with Crippen molar-refractivity contribution >= 4 is 17.6 Å². The van der Waals surface area contributed by atoms with Crippen LogP contribution in [0.3, 0.4) is 0 Å². The summed E-state index contributed by atoms with van der Waals surface area (Å²) < 4.78 is 9.89. The quantitative estimate of drug-likeness (QED) is 0.779. The van der Waals surface area contributed by atoms with Gasteiger partial charge in [0.15, 0.2) is 0 Å². The molecule has 1 aliphatic carbocycles. The number of anilines is 1. The van der Waals surface area contributed by atoms with E-state index < -0.39 is 5.54 Å². The van der Waals surface area contributed by atoms with Gasteiger partial charge in [0.2, 0.25) is 0 Å². The van der Waals surface area contributed by atoms with Gasteiger partial charge in [-0.15, -0.1) is 0 Å². The van der Waals surface area contributed by atoms with Gasteiger partial charge in [-0.25, -0.2) is 4.79 Å². The van der Waals surface area contributed by atoms with E-state index in [2.05, 4.69) is 0 Å². The molecule has 5 nitrogen and oxygen atoms in total. The Morgan fingerprint density at radius 1 is 1.19 bits per heavy atom. The van der Waals surface area contributed by atoms with Gasteiger partial charge in [0, 0.05) is 7.11 Å². The molecule has 0 N–H and O–H groups in total. The van der Waals surface area contributed by atoms with Gasteiger partial charge in [0.25, 0.3) is 5.91 Å². The van der Waals surface area contributed by atoms with Crippen LogP contribution in [0.25, 0.3) is 0 Å². The molecule has 1 aliphatic rings. The summed E-state index contributed by atoms with van der Waals surface area (Å²) in [6.07, 6.45) is 1.23. The summed E-state index contributed by atoms with van der Waals surface area (Å²) in [5.41, 5.74) is 1.81. The number of methoxy groups -OCH3 is 2. The summed E-state index contributed by atoms with van der Waals surface area (Å²) in [4.78, 5) is 26.3. The summed E-state index contributed by atoms with van der Waals surface area (Å²) in [6.45, 7) is 3.80. The van der Waals surface area contributed by atoms with Crippen molar-refractivity contribution in [1.29, 1.82) is 0 Å². The van der Waals surface area contributed by atoms with Gasteiger partial charge in [-0.1, -0.05) is 18.2 Å². The first-order valence-corrected chi connectivity index (χ1v) is 6.94. The largest absolute Gasteiger partial charge is 0.467 e. The van der Waals surface area contributed by atoms with Gasteiger partial charge < -0.3 is 9.47 Å². The summed E-state index contributed by atoms with van der Waals surface area (Å²) in [6, 6.07) is 5.80. The molecule has 0 bridgehead atoms. The number of esters is 1. The van der Waals surface area contributed by atoms with E-state index in [4.69, 9.17) is 9.47 Å². The van der Waals surface area contributed by atoms with E-state index in [1.54, 1.807) is 4.90 Å². The van der Waals surface area contributed by atoms with Crippen LogP contribution in [0, 0.1) is 13.8 Å². The Labute approximate surface area is 124 Å². The topological polar surface area (TPSA) is 55.8 Å². The molecule has 0 heterocycles. The monoisotopic (exact) mass is 291 g/mol. The SMILES string of the molecule is COCC(=O)N(c1c(C)cccc1C)C1(C(=O)OC)CC1. The van der Waals surface area contributed by atoms with Crippen LogP contribution in [0.5, 0.6) is 0 Å². The maximum Gasteiger partial charge on any atom is 0.332 e. The zero-order valence-corrected chi connectivity index (χ0v) is 12.9. The van der Waals surface area contributed by atoms with Crippen LogP contribution in [0.4, 0.5) is 5.69 Å². The number of carbonyl (C=O) groups excluding carboxylic acids is 2. The maximum atomic E-state index is 12.5. The molecule has 0 atom stereocenters. The predicted molar refractivity (Wildman–Crippen MR) is 79.3 cm³/mol. The van der Waals surface area contributed by atoms with Gasteiger partial charge in [-0.05, 0) is 37.8 Å². The number of hydrogen-bond donors (Lipinski definition) is 0. The lowest BCUT2D eigenvalue weighted by molar-refractivity contribution is -0.145. The number of amides is 1. The van der Waals surface area contributed by atoms with Crippen molar-refractivity contribution in [2.75, 3.05) is 25.7 Å². The number of carbonyl (C=O) groups is 2. The molecule has 1 fully saturated rings. The van der Waals surface area contributed by atoms with Crippen LogP contribution < -0.4 is 4.90 Å². The molecule has 21 heavy (non-hydrogen) atoms. The van der Waals surface area contributed by atoms with Crippen LogP contribution in [-0.4, -0.2) is 38.2 Å². The number of nitrogens with zero attached hydrogens (tertiary/aromatic N) is 1. The van der Waals surface area contributed by atoms with Crippen LogP contribution in [0.1, 0.15) is 24.0 Å². The van der Waals surface area contributed by atoms with Crippen molar-refractivity contribution in [1.82, 2.24) is 0 Å². The molecule has 0 aromatic heterocycles. The summed E-state index contributed by atoms with van der Waals surface area (Å²) in [5, 5.41) is 0. The molecular formula is C16H21NO4. The van der Waals surface area contributed by atoms with Crippen molar-refractivity contribution in [2.45, 2.75) is 32.2 Å². The molecule has 1 saturated carbocycles. The highest BCUT2D eigenvalue weighted by atomic mass is 16.5. The molecule has 1 amide bonds. The minimum Gasteiger partial charge on any atom is -0.467 e. The van der Waals surface area contributed by atoms with E-state index in [0.717, 1.165) is 16.8 Å². The molecule has 0 unspecified atom stereocenters. The van der Waals surface area contributed by atoms with Gasteiger partial charge >= 0.3 is 5.97 Å². The fourth-order valence-corrected chi connectivity index (χ4v) is 2.75. The van der Waals surface area contributed by atoms with Crippen molar-refractivity contribution < 1.29 is 19.1 Å². The second kappa shape index (κ2) is 5.85. The summed E-state index contributed by atoms with van der Waals surface area (Å²) in [7, 11) is 2.82. The second-order valence-electron chi connectivity index (χ2n) is 5.43. The Bertz CT molecular complexity index is 543. The van der Waals surface area contributed by atoms with Gasteiger partial charge in [-0.3, -0.25) is 9.69 Å². The first-order chi connectivity index (χ1) is 9.97. The average Bonchev–Trinajstić information content (AvgIpc) is 3.23. The Balaban J connectivity index is 2.53. The standard InChI is InChI=1S/C16H21NO4/c1-11-6-5-7-12(2)14(11)17(13(18)10-20-3)16(8-9-16)15(19)21-4/h5-7H,8-10H2,1-4H3. The molecule has 0 spiro atoms. The predicted octanol–water partition coefficient (Wildman–Crippen LogP) is 1.99. The van der Waals surface area contributed by atoms with Crippen LogP contribution in [-0.2, 0) is 19.1 Å². The number of hydrogen-bond acceptors (Lipinski definition) is 4. The molecule has 1 aromatic rings. The molecule has 2 rings (SSSR count). The minimum atomic E-state index is -0.874. The highest BCUT2D eigenvalue weighted by molar-refractivity contribution is 6.05. The van der Waals surface area contributed by atoms with E-state index in [1.165, 1.54) is 14.2 Å². The molecule has 0 radical (unpaired) electrons. The van der Waals surface area contributed by atoms with Crippen molar-refractivity contribution in [2.24, 2.45) is 0 Å². The zero-order chi connectivity index (χ0) is 15.6. The van der Waals surface area contributed by atoms with E-state index >= 15 is 0 Å². The van der Waals surface area contributed by atoms with Crippen LogP contribution in [0.15, 0.2) is 18.2 Å². The number of ether oxygens (including phenoxy) is 2. The third kappa shape index (κ3) is 2.65. The van der Waals surface area contributed by atoms with Crippen molar-refractivity contribution in [3.63, 3.8) is 0 Å². The highest BCUT2D eigenvalue weighted by Gasteiger charge is 2.58. The Morgan fingerprint density at radius 3 is 2.19 bits per heavy atom. The molecule has 1 aromatic carbocycles. The van der Waals surface area contributed by atoms with Gasteiger partial charge in [-0.2, -0.15) is 0 Å². The summed E-state index contributed by atoms with van der Waals surface area (Å²) >= 11 is 0. The lowest BCUT2D eigenvalue weighted by Gasteiger charge is -2.32. The van der Waals surface area contributed by atoms with Crippen molar-refractivity contribution in [3.8, 4) is 0 Å². The third-order valence-corrected chi connectivity index (χ3v) is 3.90. The fraction of sp³-hybridized carbons (Fsp3) is 0.500. The summed E-state index contributed by atoms with van der Waals surface area (Å²) in [5.74, 6) is -0.590. The van der Waals surface area contributed by atoms with Gasteiger partial charge in [0.1, 0.15) is 12.1 Å². The van der Waals surface area contributed by atoms with Crippen molar-refractivity contribution in [3.05, 3.63) is 29.3 Å². The Morgan fingerprint density at radius 2 is 1.76 bits per heavy atom. The molecule has 0 aliphatic heterocycles. The second-order valence-corrected chi connectivity index (χ2v) is 5.43. The Hall–Kier alpha value is -1.88. The fourth-order valence-electron chi connectivity index (χ4n) is 2.75. The molecule has 0 saturated heterocycles. The third-order valence-electron chi connectivity index (χ3n) is 3.90. The van der Waals surface area contributed by atoms with Gasteiger partial charge in [0.05, 0.1) is 12.8 Å². The van der Waals surface area contributed by atoms with E-state index in [9.17, 15) is 9.59 Å². The van der Waals surface area contributed by atoms with Crippen LogP contribution in [0.2, 0.25) is 0 Å². The minimum absolute atomic E-state index is 0.0630. The number of aryl methyl sites for hydroxylation is 2. The smallest absolute Gasteiger partial charge is 0.332 e. The molecular weight excluding hydrogens is 270 g/mol. The first-order valence-electron chi connectivity index (χ1n) is 6.94. The van der Waals surface area contributed by atoms with Crippen LogP contribution >= 0.6 is 0 Å².